The van der Waals surface area contributed by atoms with Gasteiger partial charge in [-0.1, -0.05) is 0 Å². The van der Waals surface area contributed by atoms with E-state index < -0.39 is 11.8 Å². The van der Waals surface area contributed by atoms with Gasteiger partial charge in [0.15, 0.2) is 5.79 Å². The second-order valence-corrected chi connectivity index (χ2v) is 3.49. The third kappa shape index (κ3) is 3.71. The molecule has 0 bridgehead atoms. The van der Waals surface area contributed by atoms with Crippen molar-refractivity contribution in [3.8, 4) is 0 Å². The van der Waals surface area contributed by atoms with Crippen molar-refractivity contribution in [1.82, 2.24) is 5.32 Å². The Balaban J connectivity index is 2.21. The molecule has 1 rings (SSSR count). The number of rotatable bonds is 3. The molecule has 13 heavy (non-hydrogen) atoms. The van der Waals surface area contributed by atoms with Gasteiger partial charge >= 0.3 is 5.97 Å². The van der Waals surface area contributed by atoms with Crippen LogP contribution in [0.15, 0.2) is 0 Å². The van der Waals surface area contributed by atoms with E-state index in [4.69, 9.17) is 14.6 Å². The number of carbonyl (C=O) groups is 1. The summed E-state index contributed by atoms with van der Waals surface area (Å²) in [5.74, 6) is -1.41. The van der Waals surface area contributed by atoms with Crippen LogP contribution in [0.5, 0.6) is 0 Å². The van der Waals surface area contributed by atoms with Crippen molar-refractivity contribution in [1.29, 1.82) is 0 Å². The Morgan fingerprint density at radius 3 is 2.54 bits per heavy atom. The lowest BCUT2D eigenvalue weighted by molar-refractivity contribution is -0.252. The van der Waals surface area contributed by atoms with Gasteiger partial charge in [-0.2, -0.15) is 0 Å². The van der Waals surface area contributed by atoms with Gasteiger partial charge < -0.3 is 14.6 Å². The zero-order valence-corrected chi connectivity index (χ0v) is 7.87. The van der Waals surface area contributed by atoms with Gasteiger partial charge in [0.1, 0.15) is 0 Å². The van der Waals surface area contributed by atoms with Crippen LogP contribution in [0.2, 0.25) is 0 Å². The van der Waals surface area contributed by atoms with E-state index in [2.05, 4.69) is 5.32 Å². The van der Waals surface area contributed by atoms with Gasteiger partial charge in [0.2, 0.25) is 0 Å². The van der Waals surface area contributed by atoms with E-state index in [0.717, 1.165) is 0 Å². The number of carboxylic acid groups (broad SMARTS) is 1. The molecule has 1 heterocycles. The number of aliphatic carboxylic acids is 1. The molecule has 2 N–H and O–H groups in total. The Labute approximate surface area is 77.0 Å². The van der Waals surface area contributed by atoms with Crippen LogP contribution in [-0.4, -0.2) is 42.7 Å². The number of nitrogens with one attached hydrogen (secondary N) is 1. The van der Waals surface area contributed by atoms with Crippen LogP contribution in [0.4, 0.5) is 0 Å². The molecule has 0 aromatic heterocycles. The number of ether oxygens (including phenoxy) is 2. The van der Waals surface area contributed by atoms with Crippen molar-refractivity contribution < 1.29 is 19.4 Å². The summed E-state index contributed by atoms with van der Waals surface area (Å²) in [4.78, 5) is 10.2. The fourth-order valence-corrected chi connectivity index (χ4v) is 1.04. The van der Waals surface area contributed by atoms with E-state index in [1.54, 1.807) is 0 Å². The SMILES string of the molecule is CC1(C)OCC(NCC(=O)O)CO1. The Kier molecular flexibility index (Phi) is 3.24. The molecule has 76 valence electrons. The standard InChI is InChI=1S/C8H15NO4/c1-8(2)12-4-6(5-13-8)9-3-7(10)11/h6,9H,3-5H2,1-2H3,(H,10,11). The summed E-state index contributed by atoms with van der Waals surface area (Å²) in [5, 5.41) is 11.2. The Morgan fingerprint density at radius 1 is 1.54 bits per heavy atom. The van der Waals surface area contributed by atoms with E-state index in [1.165, 1.54) is 0 Å². The average molecular weight is 189 g/mol. The van der Waals surface area contributed by atoms with Crippen LogP contribution >= 0.6 is 0 Å². The molecule has 0 radical (unpaired) electrons. The zero-order chi connectivity index (χ0) is 9.90. The molecule has 0 unspecified atom stereocenters. The van der Waals surface area contributed by atoms with Crippen LogP contribution in [0.25, 0.3) is 0 Å². The third-order valence-electron chi connectivity index (χ3n) is 1.81. The summed E-state index contributed by atoms with van der Waals surface area (Å²) in [6.07, 6.45) is 0. The van der Waals surface area contributed by atoms with Gasteiger partial charge in [0.05, 0.1) is 25.8 Å². The maximum atomic E-state index is 10.2. The predicted molar refractivity (Wildman–Crippen MR) is 45.4 cm³/mol. The molecule has 0 amide bonds. The Bertz CT molecular complexity index is 183. The molecule has 0 aromatic rings. The minimum absolute atomic E-state index is 0.0240. The molecule has 1 aliphatic heterocycles. The van der Waals surface area contributed by atoms with Crippen LogP contribution in [0.1, 0.15) is 13.8 Å². The molecule has 0 atom stereocenters. The molecule has 0 aliphatic carbocycles. The molecule has 1 saturated heterocycles. The largest absolute Gasteiger partial charge is 0.480 e. The highest BCUT2D eigenvalue weighted by molar-refractivity contribution is 5.69. The summed E-state index contributed by atoms with van der Waals surface area (Å²) in [7, 11) is 0. The molecular weight excluding hydrogens is 174 g/mol. The van der Waals surface area contributed by atoms with E-state index in [1.807, 2.05) is 13.8 Å². The lowest BCUT2D eigenvalue weighted by Gasteiger charge is -2.35. The molecular formula is C8H15NO4. The second-order valence-electron chi connectivity index (χ2n) is 3.49. The number of hydrogen-bond acceptors (Lipinski definition) is 4. The van der Waals surface area contributed by atoms with Crippen LogP contribution in [-0.2, 0) is 14.3 Å². The monoisotopic (exact) mass is 189 g/mol. The first kappa shape index (κ1) is 10.4. The molecule has 1 fully saturated rings. The van der Waals surface area contributed by atoms with Crippen LogP contribution < -0.4 is 5.32 Å². The second kappa shape index (κ2) is 4.04. The highest BCUT2D eigenvalue weighted by atomic mass is 16.7. The van der Waals surface area contributed by atoms with Gasteiger partial charge in [0, 0.05) is 0 Å². The Morgan fingerprint density at radius 2 is 2.08 bits per heavy atom. The van der Waals surface area contributed by atoms with Crippen molar-refractivity contribution in [3.05, 3.63) is 0 Å². The van der Waals surface area contributed by atoms with E-state index in [9.17, 15) is 4.79 Å². The first-order chi connectivity index (χ1) is 5.99. The van der Waals surface area contributed by atoms with Gasteiger partial charge in [0.25, 0.3) is 0 Å². The normalized spacial score (nSPS) is 22.9. The lowest BCUT2D eigenvalue weighted by atomic mass is 10.2. The van der Waals surface area contributed by atoms with Crippen LogP contribution in [0.3, 0.4) is 0 Å². The van der Waals surface area contributed by atoms with Gasteiger partial charge in [-0.3, -0.25) is 10.1 Å². The summed E-state index contributed by atoms with van der Waals surface area (Å²) < 4.78 is 10.7. The quantitative estimate of drug-likeness (QED) is 0.644. The smallest absolute Gasteiger partial charge is 0.317 e. The summed E-state index contributed by atoms with van der Waals surface area (Å²) in [6, 6.07) is -0.0240. The fraction of sp³-hybridized carbons (Fsp3) is 0.875. The van der Waals surface area contributed by atoms with Crippen molar-refractivity contribution in [3.63, 3.8) is 0 Å². The van der Waals surface area contributed by atoms with Crippen molar-refractivity contribution in [2.75, 3.05) is 19.8 Å². The average Bonchev–Trinajstić information content (AvgIpc) is 2.02. The zero-order valence-electron chi connectivity index (χ0n) is 7.87. The van der Waals surface area contributed by atoms with Gasteiger partial charge in [-0.15, -0.1) is 0 Å². The molecule has 0 saturated carbocycles. The minimum Gasteiger partial charge on any atom is -0.480 e. The highest BCUT2D eigenvalue weighted by Crippen LogP contribution is 2.16. The van der Waals surface area contributed by atoms with Crippen molar-refractivity contribution in [2.45, 2.75) is 25.7 Å². The molecule has 0 spiro atoms. The van der Waals surface area contributed by atoms with E-state index in [0.29, 0.717) is 13.2 Å². The van der Waals surface area contributed by atoms with Crippen LogP contribution in [0, 0.1) is 0 Å². The van der Waals surface area contributed by atoms with Crippen molar-refractivity contribution >= 4 is 5.97 Å². The van der Waals surface area contributed by atoms with Gasteiger partial charge in [-0.25, -0.2) is 0 Å². The maximum Gasteiger partial charge on any atom is 0.317 e. The van der Waals surface area contributed by atoms with E-state index in [-0.39, 0.29) is 12.6 Å². The van der Waals surface area contributed by atoms with E-state index >= 15 is 0 Å². The summed E-state index contributed by atoms with van der Waals surface area (Å²) >= 11 is 0. The van der Waals surface area contributed by atoms with Gasteiger partial charge in [-0.05, 0) is 13.8 Å². The summed E-state index contributed by atoms with van der Waals surface area (Å²) in [6.45, 7) is 4.58. The molecule has 0 aromatic carbocycles. The molecule has 5 heteroatoms. The number of hydrogen-bond donors (Lipinski definition) is 2. The topological polar surface area (TPSA) is 67.8 Å². The maximum absolute atomic E-state index is 10.2. The molecule has 1 aliphatic rings. The first-order valence-electron chi connectivity index (χ1n) is 4.23. The lowest BCUT2D eigenvalue weighted by Crippen LogP contribution is -2.49. The van der Waals surface area contributed by atoms with Crippen molar-refractivity contribution in [2.24, 2.45) is 0 Å². The molecule has 5 nitrogen and oxygen atoms in total. The number of carboxylic acids is 1. The Hall–Kier alpha value is -0.650. The fourth-order valence-electron chi connectivity index (χ4n) is 1.04. The summed E-state index contributed by atoms with van der Waals surface area (Å²) in [5.41, 5.74) is 0. The third-order valence-corrected chi connectivity index (χ3v) is 1.81. The highest BCUT2D eigenvalue weighted by Gasteiger charge is 2.27. The minimum atomic E-state index is -0.871. The first-order valence-corrected chi connectivity index (χ1v) is 4.23. The predicted octanol–water partition coefficient (Wildman–Crippen LogP) is -0.188.